The zero-order chi connectivity index (χ0) is 19.3. The number of nitrogens with one attached hydrogen (secondary N) is 1. The van der Waals surface area contributed by atoms with Gasteiger partial charge in [-0.2, -0.15) is 0 Å². The van der Waals surface area contributed by atoms with Crippen LogP contribution in [-0.4, -0.2) is 17.1 Å². The number of fused-ring (bicyclic) bond motifs is 1. The Kier molecular flexibility index (Phi) is 5.69. The molecule has 2 aromatic carbocycles. The molecule has 1 amide bonds. The number of aromatic nitrogens is 1. The van der Waals surface area contributed by atoms with Crippen LogP contribution in [0.5, 0.6) is 0 Å². The predicted molar refractivity (Wildman–Crippen MR) is 114 cm³/mol. The largest absolute Gasteiger partial charge is 0.467 e. The lowest BCUT2D eigenvalue weighted by Crippen LogP contribution is -2.23. The van der Waals surface area contributed by atoms with Crippen LogP contribution in [0, 0.1) is 0 Å². The van der Waals surface area contributed by atoms with Crippen molar-refractivity contribution in [2.75, 3.05) is 6.26 Å². The van der Waals surface area contributed by atoms with Gasteiger partial charge in [-0.1, -0.05) is 42.1 Å². The third-order valence-corrected chi connectivity index (χ3v) is 6.14. The molecular formula is C22H18N2O2S2. The van der Waals surface area contributed by atoms with Gasteiger partial charge in [0.25, 0.3) is 5.91 Å². The number of rotatable bonds is 6. The maximum atomic E-state index is 12.9. The summed E-state index contributed by atoms with van der Waals surface area (Å²) in [5, 5.41) is 4.56. The molecule has 28 heavy (non-hydrogen) atoms. The molecule has 0 aliphatic carbocycles. The molecule has 0 aliphatic heterocycles. The Morgan fingerprint density at radius 3 is 2.61 bits per heavy atom. The molecule has 2 aromatic heterocycles. The SMILES string of the molecule is CSc1ccccc1Sc1cc(C(=O)NCc2ccco2)c2ccccc2n1. The van der Waals surface area contributed by atoms with Crippen LogP contribution >= 0.6 is 23.5 Å². The van der Waals surface area contributed by atoms with Crippen molar-refractivity contribution in [1.82, 2.24) is 10.3 Å². The summed E-state index contributed by atoms with van der Waals surface area (Å²) in [5.74, 6) is 0.574. The number of thioether (sulfide) groups is 1. The van der Waals surface area contributed by atoms with E-state index in [0.717, 1.165) is 26.6 Å². The molecule has 4 rings (SSSR count). The van der Waals surface area contributed by atoms with E-state index in [4.69, 9.17) is 9.40 Å². The Hall–Kier alpha value is -2.70. The van der Waals surface area contributed by atoms with Crippen LogP contribution < -0.4 is 5.32 Å². The number of hydrogen-bond donors (Lipinski definition) is 1. The summed E-state index contributed by atoms with van der Waals surface area (Å²) < 4.78 is 5.30. The van der Waals surface area contributed by atoms with Gasteiger partial charge < -0.3 is 9.73 Å². The Morgan fingerprint density at radius 2 is 1.82 bits per heavy atom. The zero-order valence-electron chi connectivity index (χ0n) is 15.2. The lowest BCUT2D eigenvalue weighted by atomic mass is 10.1. The van der Waals surface area contributed by atoms with Crippen molar-refractivity contribution in [2.45, 2.75) is 21.4 Å². The number of amides is 1. The minimum absolute atomic E-state index is 0.144. The molecule has 0 fully saturated rings. The van der Waals surface area contributed by atoms with Crippen LogP contribution in [0.4, 0.5) is 0 Å². The van der Waals surface area contributed by atoms with Crippen LogP contribution in [0.25, 0.3) is 10.9 Å². The van der Waals surface area contributed by atoms with Crippen molar-refractivity contribution >= 4 is 40.3 Å². The van der Waals surface area contributed by atoms with Gasteiger partial charge in [-0.3, -0.25) is 4.79 Å². The minimum atomic E-state index is -0.144. The Balaban J connectivity index is 1.68. The Bertz CT molecular complexity index is 1110. The number of pyridine rings is 1. The Labute approximate surface area is 171 Å². The number of nitrogens with zero attached hydrogens (tertiary/aromatic N) is 1. The first-order valence-electron chi connectivity index (χ1n) is 8.76. The standard InChI is InChI=1S/C22H18N2O2S2/c1-27-19-10-4-5-11-20(19)28-21-13-17(16-8-2-3-9-18(16)24-21)22(25)23-14-15-7-6-12-26-15/h2-13H,14H2,1H3,(H,23,25). The second kappa shape index (κ2) is 8.54. The summed E-state index contributed by atoms with van der Waals surface area (Å²) in [7, 11) is 0. The number of furan rings is 1. The van der Waals surface area contributed by atoms with Gasteiger partial charge in [0.15, 0.2) is 0 Å². The number of carbonyl (C=O) groups excluding carboxylic acids is 1. The minimum Gasteiger partial charge on any atom is -0.467 e. The molecule has 0 spiro atoms. The Morgan fingerprint density at radius 1 is 1.04 bits per heavy atom. The van der Waals surface area contributed by atoms with E-state index >= 15 is 0 Å². The average Bonchev–Trinajstić information content (AvgIpc) is 3.25. The molecule has 0 radical (unpaired) electrons. The fourth-order valence-electron chi connectivity index (χ4n) is 2.88. The van der Waals surface area contributed by atoms with Gasteiger partial charge in [0.1, 0.15) is 10.8 Å². The van der Waals surface area contributed by atoms with E-state index in [1.54, 1.807) is 35.9 Å². The average molecular weight is 407 g/mol. The van der Waals surface area contributed by atoms with Crippen LogP contribution in [0.15, 0.2) is 92.2 Å². The first-order valence-corrected chi connectivity index (χ1v) is 10.8. The highest BCUT2D eigenvalue weighted by molar-refractivity contribution is 8.02. The van der Waals surface area contributed by atoms with Crippen molar-refractivity contribution < 1.29 is 9.21 Å². The number of para-hydroxylation sites is 1. The topological polar surface area (TPSA) is 55.1 Å². The molecule has 6 heteroatoms. The van der Waals surface area contributed by atoms with E-state index in [1.807, 2.05) is 48.5 Å². The summed E-state index contributed by atoms with van der Waals surface area (Å²) in [6.07, 6.45) is 3.65. The molecule has 4 aromatic rings. The fraction of sp³-hybridized carbons (Fsp3) is 0.0909. The summed E-state index contributed by atoms with van der Waals surface area (Å²) in [4.78, 5) is 20.0. The van der Waals surface area contributed by atoms with Gasteiger partial charge in [-0.25, -0.2) is 4.98 Å². The lowest BCUT2D eigenvalue weighted by Gasteiger charge is -2.11. The van der Waals surface area contributed by atoms with Crippen molar-refractivity contribution in [3.8, 4) is 0 Å². The molecule has 4 nitrogen and oxygen atoms in total. The van der Waals surface area contributed by atoms with E-state index in [1.165, 1.54) is 4.90 Å². The van der Waals surface area contributed by atoms with Gasteiger partial charge in [-0.05, 0) is 42.7 Å². The highest BCUT2D eigenvalue weighted by Crippen LogP contribution is 2.35. The van der Waals surface area contributed by atoms with E-state index in [-0.39, 0.29) is 5.91 Å². The molecule has 0 unspecified atom stereocenters. The molecule has 0 saturated heterocycles. The zero-order valence-corrected chi connectivity index (χ0v) is 16.8. The molecule has 0 aliphatic rings. The fourth-order valence-corrected chi connectivity index (χ4v) is 4.60. The third kappa shape index (κ3) is 4.08. The smallest absolute Gasteiger partial charge is 0.252 e. The van der Waals surface area contributed by atoms with Crippen LogP contribution in [0.2, 0.25) is 0 Å². The van der Waals surface area contributed by atoms with Crippen LogP contribution in [0.1, 0.15) is 16.1 Å². The molecule has 1 N–H and O–H groups in total. The molecule has 0 bridgehead atoms. The van der Waals surface area contributed by atoms with E-state index in [2.05, 4.69) is 23.7 Å². The summed E-state index contributed by atoms with van der Waals surface area (Å²) >= 11 is 3.27. The van der Waals surface area contributed by atoms with Gasteiger partial charge >= 0.3 is 0 Å². The van der Waals surface area contributed by atoms with Gasteiger partial charge in [0, 0.05) is 15.2 Å². The molecule has 0 saturated carbocycles. The maximum absolute atomic E-state index is 12.9. The molecular weight excluding hydrogens is 388 g/mol. The second-order valence-electron chi connectivity index (χ2n) is 6.04. The van der Waals surface area contributed by atoms with Crippen molar-refractivity contribution in [3.05, 3.63) is 84.3 Å². The lowest BCUT2D eigenvalue weighted by molar-refractivity contribution is 0.0949. The maximum Gasteiger partial charge on any atom is 0.252 e. The van der Waals surface area contributed by atoms with Crippen molar-refractivity contribution in [2.24, 2.45) is 0 Å². The van der Waals surface area contributed by atoms with Crippen LogP contribution in [0.3, 0.4) is 0 Å². The summed E-state index contributed by atoms with van der Waals surface area (Å²) in [6, 6.07) is 21.4. The van der Waals surface area contributed by atoms with Gasteiger partial charge in [-0.15, -0.1) is 11.8 Å². The van der Waals surface area contributed by atoms with E-state index < -0.39 is 0 Å². The second-order valence-corrected chi connectivity index (χ2v) is 7.95. The van der Waals surface area contributed by atoms with Gasteiger partial charge in [0.05, 0.1) is 23.9 Å². The summed E-state index contributed by atoms with van der Waals surface area (Å²) in [5.41, 5.74) is 1.42. The highest BCUT2D eigenvalue weighted by Gasteiger charge is 2.14. The normalized spacial score (nSPS) is 10.9. The number of hydrogen-bond acceptors (Lipinski definition) is 5. The number of carbonyl (C=O) groups is 1. The van der Waals surface area contributed by atoms with E-state index in [0.29, 0.717) is 12.1 Å². The number of benzene rings is 2. The third-order valence-electron chi connectivity index (χ3n) is 4.22. The van der Waals surface area contributed by atoms with Gasteiger partial charge in [0.2, 0.25) is 0 Å². The molecule has 2 heterocycles. The monoisotopic (exact) mass is 406 g/mol. The molecule has 140 valence electrons. The summed E-state index contributed by atoms with van der Waals surface area (Å²) in [6.45, 7) is 0.347. The van der Waals surface area contributed by atoms with Crippen LogP contribution in [-0.2, 0) is 6.54 Å². The van der Waals surface area contributed by atoms with Crippen molar-refractivity contribution in [3.63, 3.8) is 0 Å². The quantitative estimate of drug-likeness (QED) is 0.421. The highest BCUT2D eigenvalue weighted by atomic mass is 32.2. The van der Waals surface area contributed by atoms with E-state index in [9.17, 15) is 4.79 Å². The first-order chi connectivity index (χ1) is 13.7. The van der Waals surface area contributed by atoms with Crippen molar-refractivity contribution in [1.29, 1.82) is 0 Å². The predicted octanol–water partition coefficient (Wildman–Crippen LogP) is 5.63. The molecule has 0 atom stereocenters. The first kappa shape index (κ1) is 18.7.